The van der Waals surface area contributed by atoms with E-state index >= 15 is 0 Å². The third kappa shape index (κ3) is 2.42. The van der Waals surface area contributed by atoms with Crippen LogP contribution < -0.4 is 0 Å². The fourth-order valence-electron chi connectivity index (χ4n) is 0.836. The molecule has 0 N–H and O–H groups in total. The Labute approximate surface area is 88.3 Å². The average molecular weight is 288 g/mol. The van der Waals surface area contributed by atoms with Gasteiger partial charge in [-0.05, 0) is 40.5 Å². The van der Waals surface area contributed by atoms with E-state index in [2.05, 4.69) is 15.9 Å². The topological polar surface area (TPSA) is 34.1 Å². The molecule has 0 spiro atoms. The fourth-order valence-corrected chi connectivity index (χ4v) is 2.39. The van der Waals surface area contributed by atoms with Crippen LogP contribution in [0.1, 0.15) is 5.56 Å². The highest BCUT2D eigenvalue weighted by molar-refractivity contribution is 9.10. The molecule has 0 fully saturated rings. The molecule has 13 heavy (non-hydrogen) atoms. The van der Waals surface area contributed by atoms with Crippen LogP contribution in [0.4, 0.5) is 4.39 Å². The first-order valence-corrected chi connectivity index (χ1v) is 6.33. The summed E-state index contributed by atoms with van der Waals surface area (Å²) in [6.07, 6.45) is 0. The highest BCUT2D eigenvalue weighted by Gasteiger charge is 2.14. The number of halogens is 3. The fraction of sp³-hybridized carbons (Fsp3) is 0.143. The van der Waals surface area contributed by atoms with Crippen molar-refractivity contribution in [3.63, 3.8) is 0 Å². The van der Waals surface area contributed by atoms with Crippen molar-refractivity contribution in [2.24, 2.45) is 0 Å². The molecule has 0 saturated heterocycles. The summed E-state index contributed by atoms with van der Waals surface area (Å²) < 4.78 is 34.8. The van der Waals surface area contributed by atoms with Gasteiger partial charge in [0.25, 0.3) is 9.05 Å². The van der Waals surface area contributed by atoms with Crippen molar-refractivity contribution in [2.75, 3.05) is 0 Å². The molecule has 1 rings (SSSR count). The van der Waals surface area contributed by atoms with Gasteiger partial charge in [0.05, 0.1) is 9.37 Å². The summed E-state index contributed by atoms with van der Waals surface area (Å²) in [4.78, 5) is -0.111. The average Bonchev–Trinajstić information content (AvgIpc) is 1.97. The van der Waals surface area contributed by atoms with Crippen molar-refractivity contribution < 1.29 is 12.8 Å². The monoisotopic (exact) mass is 286 g/mol. The van der Waals surface area contributed by atoms with Gasteiger partial charge in [-0.2, -0.15) is 0 Å². The molecule has 0 heterocycles. The van der Waals surface area contributed by atoms with E-state index in [1.54, 1.807) is 0 Å². The van der Waals surface area contributed by atoms with Gasteiger partial charge >= 0.3 is 0 Å². The zero-order chi connectivity index (χ0) is 10.2. The van der Waals surface area contributed by atoms with Gasteiger partial charge in [0.2, 0.25) is 0 Å². The molecule has 0 aliphatic rings. The summed E-state index contributed by atoms with van der Waals surface area (Å²) in [6.45, 7) is 1.46. The van der Waals surface area contributed by atoms with Crippen LogP contribution in [0.25, 0.3) is 0 Å². The van der Waals surface area contributed by atoms with Gasteiger partial charge in [0, 0.05) is 10.7 Å². The van der Waals surface area contributed by atoms with Crippen molar-refractivity contribution in [3.8, 4) is 0 Å². The van der Waals surface area contributed by atoms with Crippen LogP contribution in [0, 0.1) is 12.7 Å². The Bertz CT molecular complexity index is 421. The molecule has 0 atom stereocenters. The van der Waals surface area contributed by atoms with Crippen molar-refractivity contribution >= 4 is 35.7 Å². The largest absolute Gasteiger partial charge is 0.261 e. The first-order valence-electron chi connectivity index (χ1n) is 3.22. The van der Waals surface area contributed by atoms with E-state index in [-0.39, 0.29) is 14.9 Å². The molecule has 0 unspecified atom stereocenters. The number of rotatable bonds is 1. The van der Waals surface area contributed by atoms with E-state index in [1.807, 2.05) is 0 Å². The highest BCUT2D eigenvalue weighted by Crippen LogP contribution is 2.25. The molecule has 2 nitrogen and oxygen atoms in total. The number of hydrogen-bond acceptors (Lipinski definition) is 2. The van der Waals surface area contributed by atoms with Crippen molar-refractivity contribution in [3.05, 3.63) is 28.0 Å². The zero-order valence-corrected chi connectivity index (χ0v) is 9.67. The Morgan fingerprint density at radius 3 is 2.38 bits per heavy atom. The quantitative estimate of drug-likeness (QED) is 0.744. The number of hydrogen-bond donors (Lipinski definition) is 0. The van der Waals surface area contributed by atoms with Gasteiger partial charge in [0.1, 0.15) is 5.82 Å². The molecule has 0 aliphatic carbocycles. The summed E-state index contributed by atoms with van der Waals surface area (Å²) in [5, 5.41) is 0. The predicted octanol–water partition coefficient (Wildman–Crippen LogP) is 2.82. The minimum absolute atomic E-state index is 0.0896. The van der Waals surface area contributed by atoms with E-state index < -0.39 is 14.9 Å². The molecule has 1 aromatic carbocycles. The maximum Gasteiger partial charge on any atom is 0.261 e. The van der Waals surface area contributed by atoms with E-state index in [4.69, 9.17) is 10.7 Å². The molecule has 1 aromatic rings. The molecule has 0 amide bonds. The SMILES string of the molecule is Cc1cc(S(=O)(=O)Cl)cc(Br)c1F. The van der Waals surface area contributed by atoms with Crippen molar-refractivity contribution in [1.29, 1.82) is 0 Å². The smallest absolute Gasteiger partial charge is 0.207 e. The molecule has 0 aromatic heterocycles. The van der Waals surface area contributed by atoms with E-state index in [0.717, 1.165) is 6.07 Å². The summed E-state index contributed by atoms with van der Waals surface area (Å²) >= 11 is 2.89. The van der Waals surface area contributed by atoms with Gasteiger partial charge in [-0.25, -0.2) is 12.8 Å². The minimum atomic E-state index is -3.79. The van der Waals surface area contributed by atoms with Gasteiger partial charge in [-0.3, -0.25) is 0 Å². The Hall–Kier alpha value is -0.130. The molecule has 72 valence electrons. The second-order valence-corrected chi connectivity index (χ2v) is 5.89. The summed E-state index contributed by atoms with van der Waals surface area (Å²) in [7, 11) is 1.29. The van der Waals surface area contributed by atoms with E-state index in [9.17, 15) is 12.8 Å². The van der Waals surface area contributed by atoms with Crippen molar-refractivity contribution in [1.82, 2.24) is 0 Å². The van der Waals surface area contributed by atoms with Gasteiger partial charge in [-0.15, -0.1) is 0 Å². The molecule has 6 heteroatoms. The molecule has 0 radical (unpaired) electrons. The third-order valence-corrected chi connectivity index (χ3v) is 3.38. The Kier molecular flexibility index (Phi) is 2.99. The summed E-state index contributed by atoms with van der Waals surface area (Å²) in [5.74, 6) is -0.482. The van der Waals surface area contributed by atoms with Gasteiger partial charge < -0.3 is 0 Å². The van der Waals surface area contributed by atoms with Crippen LogP contribution in [-0.4, -0.2) is 8.42 Å². The maximum atomic E-state index is 13.0. The van der Waals surface area contributed by atoms with Crippen LogP contribution >= 0.6 is 26.6 Å². The summed E-state index contributed by atoms with van der Waals surface area (Å²) in [6, 6.07) is 2.31. The first kappa shape index (κ1) is 10.9. The van der Waals surface area contributed by atoms with Crippen LogP contribution in [0.2, 0.25) is 0 Å². The minimum Gasteiger partial charge on any atom is -0.207 e. The molecule has 0 bridgehead atoms. The number of benzene rings is 1. The van der Waals surface area contributed by atoms with E-state index in [1.165, 1.54) is 13.0 Å². The Morgan fingerprint density at radius 2 is 2.00 bits per heavy atom. The highest BCUT2D eigenvalue weighted by atomic mass is 79.9. The van der Waals surface area contributed by atoms with Gasteiger partial charge in [0.15, 0.2) is 0 Å². The first-order chi connectivity index (χ1) is 5.82. The van der Waals surface area contributed by atoms with E-state index in [0.29, 0.717) is 0 Å². The molecule has 0 saturated carbocycles. The normalized spacial score (nSPS) is 11.7. The lowest BCUT2D eigenvalue weighted by atomic mass is 10.2. The second kappa shape index (κ2) is 3.55. The third-order valence-electron chi connectivity index (χ3n) is 1.47. The lowest BCUT2D eigenvalue weighted by Crippen LogP contribution is -1.94. The van der Waals surface area contributed by atoms with Crippen LogP contribution in [0.3, 0.4) is 0 Å². The van der Waals surface area contributed by atoms with Crippen molar-refractivity contribution in [2.45, 2.75) is 11.8 Å². The Balaban J connectivity index is 3.47. The van der Waals surface area contributed by atoms with Crippen LogP contribution in [-0.2, 0) is 9.05 Å². The second-order valence-electron chi connectivity index (χ2n) is 2.47. The molecule has 0 aliphatic heterocycles. The summed E-state index contributed by atoms with van der Waals surface area (Å²) in [5.41, 5.74) is 0.230. The number of aryl methyl sites for hydroxylation is 1. The standard InChI is InChI=1S/C7H5BrClFO2S/c1-4-2-5(13(9,11)12)3-6(8)7(4)10/h2-3H,1H3. The van der Waals surface area contributed by atoms with Crippen LogP contribution in [0.5, 0.6) is 0 Å². The maximum absolute atomic E-state index is 13.0. The lowest BCUT2D eigenvalue weighted by molar-refractivity contribution is 0.602. The van der Waals surface area contributed by atoms with Gasteiger partial charge in [-0.1, -0.05) is 0 Å². The molecular weight excluding hydrogens is 282 g/mol. The predicted molar refractivity (Wildman–Crippen MR) is 51.9 cm³/mol. The zero-order valence-electron chi connectivity index (χ0n) is 6.51. The lowest BCUT2D eigenvalue weighted by Gasteiger charge is -2.02. The molecular formula is C7H5BrClFO2S. The Morgan fingerprint density at radius 1 is 1.46 bits per heavy atom. The van der Waals surface area contributed by atoms with Crippen LogP contribution in [0.15, 0.2) is 21.5 Å².